The van der Waals surface area contributed by atoms with Crippen molar-refractivity contribution in [2.45, 2.75) is 20.0 Å². The summed E-state index contributed by atoms with van der Waals surface area (Å²) < 4.78 is 40.4. The van der Waals surface area contributed by atoms with Crippen molar-refractivity contribution >= 4 is 40.9 Å². The van der Waals surface area contributed by atoms with E-state index in [-0.39, 0.29) is 23.0 Å². The molecule has 0 aromatic heterocycles. The number of carbonyl (C=O) groups is 2. The standard InChI is InChI=1S/C29H24F2N2O4S/c1-3-9-19-14-18(16-25(36-4-2)26(19)37-17-20-10-5-6-11-22(20)30)15-21-27(34)32-29(38)33(28(21)35)24-13-8-7-12-23(24)31/h3,5-8,10-16H,1,4,9,17H2,2H3,(H,32,34,38)/b21-15+. The Morgan fingerprint density at radius 3 is 2.39 bits per heavy atom. The largest absolute Gasteiger partial charge is 0.490 e. The smallest absolute Gasteiger partial charge is 0.270 e. The summed E-state index contributed by atoms with van der Waals surface area (Å²) in [6.45, 7) is 5.85. The lowest BCUT2D eigenvalue weighted by atomic mass is 10.0. The molecular formula is C29H24F2N2O4S. The number of thiocarbonyl (C=S) groups is 1. The van der Waals surface area contributed by atoms with Gasteiger partial charge in [-0.15, -0.1) is 6.58 Å². The lowest BCUT2D eigenvalue weighted by Gasteiger charge is -2.29. The van der Waals surface area contributed by atoms with Crippen LogP contribution in [0.3, 0.4) is 0 Å². The van der Waals surface area contributed by atoms with Crippen LogP contribution in [0.15, 0.2) is 78.9 Å². The van der Waals surface area contributed by atoms with Gasteiger partial charge in [0.2, 0.25) is 0 Å². The van der Waals surface area contributed by atoms with Crippen molar-refractivity contribution in [2.75, 3.05) is 11.5 Å². The molecule has 0 aliphatic carbocycles. The molecule has 3 aromatic rings. The number of allylic oxidation sites excluding steroid dienone is 1. The number of nitrogens with one attached hydrogen (secondary N) is 1. The highest BCUT2D eigenvalue weighted by atomic mass is 32.1. The van der Waals surface area contributed by atoms with Gasteiger partial charge in [0.1, 0.15) is 23.8 Å². The molecule has 0 bridgehead atoms. The SMILES string of the molecule is C=CCc1cc(/C=C2\C(=O)NC(=S)N(c3ccccc3F)C2=O)cc(OCC)c1OCc1ccccc1F. The van der Waals surface area contributed by atoms with E-state index in [9.17, 15) is 18.4 Å². The Kier molecular flexibility index (Phi) is 8.28. The molecule has 1 fully saturated rings. The van der Waals surface area contributed by atoms with Crippen LogP contribution < -0.4 is 19.7 Å². The van der Waals surface area contributed by atoms with Crippen LogP contribution in [0.1, 0.15) is 23.6 Å². The first-order valence-electron chi connectivity index (χ1n) is 11.8. The molecule has 1 N–H and O–H groups in total. The van der Waals surface area contributed by atoms with Gasteiger partial charge in [0.25, 0.3) is 11.8 Å². The summed E-state index contributed by atoms with van der Waals surface area (Å²) in [5, 5.41) is 2.22. The number of benzene rings is 3. The van der Waals surface area contributed by atoms with Crippen molar-refractivity contribution in [1.82, 2.24) is 5.32 Å². The van der Waals surface area contributed by atoms with Crippen molar-refractivity contribution in [3.05, 3.63) is 107 Å². The zero-order valence-corrected chi connectivity index (χ0v) is 21.3. The van der Waals surface area contributed by atoms with Crippen LogP contribution in [0.5, 0.6) is 11.5 Å². The average molecular weight is 535 g/mol. The predicted octanol–water partition coefficient (Wildman–Crippen LogP) is 5.50. The van der Waals surface area contributed by atoms with E-state index in [0.717, 1.165) is 4.90 Å². The van der Waals surface area contributed by atoms with E-state index < -0.39 is 23.4 Å². The Hall–Kier alpha value is -4.37. The minimum absolute atomic E-state index is 0.0345. The van der Waals surface area contributed by atoms with Gasteiger partial charge in [0, 0.05) is 11.1 Å². The summed E-state index contributed by atoms with van der Waals surface area (Å²) in [4.78, 5) is 27.0. The number of hydrogen-bond acceptors (Lipinski definition) is 5. The predicted molar refractivity (Wildman–Crippen MR) is 145 cm³/mol. The fourth-order valence-corrected chi connectivity index (χ4v) is 4.22. The van der Waals surface area contributed by atoms with E-state index in [4.69, 9.17) is 21.7 Å². The molecule has 6 nitrogen and oxygen atoms in total. The van der Waals surface area contributed by atoms with E-state index in [1.54, 1.807) is 49.4 Å². The molecule has 3 aromatic carbocycles. The van der Waals surface area contributed by atoms with Crippen molar-refractivity contribution in [3.8, 4) is 11.5 Å². The quantitative estimate of drug-likeness (QED) is 0.170. The fourth-order valence-electron chi connectivity index (χ4n) is 3.94. The van der Waals surface area contributed by atoms with Crippen LogP contribution in [-0.2, 0) is 22.6 Å². The third-order valence-corrected chi connectivity index (χ3v) is 5.94. The maximum atomic E-state index is 14.5. The number of rotatable bonds is 9. The lowest BCUT2D eigenvalue weighted by Crippen LogP contribution is -2.54. The Balaban J connectivity index is 1.74. The summed E-state index contributed by atoms with van der Waals surface area (Å²) in [5.74, 6) is -1.80. The second-order valence-corrected chi connectivity index (χ2v) is 8.61. The highest BCUT2D eigenvalue weighted by molar-refractivity contribution is 7.80. The van der Waals surface area contributed by atoms with Crippen LogP contribution in [0.4, 0.5) is 14.5 Å². The van der Waals surface area contributed by atoms with Crippen LogP contribution >= 0.6 is 12.2 Å². The van der Waals surface area contributed by atoms with Gasteiger partial charge in [-0.3, -0.25) is 14.9 Å². The topological polar surface area (TPSA) is 67.9 Å². The van der Waals surface area contributed by atoms with Gasteiger partial charge in [0.15, 0.2) is 16.6 Å². The first-order valence-corrected chi connectivity index (χ1v) is 12.2. The normalized spacial score (nSPS) is 14.4. The van der Waals surface area contributed by atoms with Gasteiger partial charge in [0.05, 0.1) is 12.3 Å². The number of halogens is 2. The summed E-state index contributed by atoms with van der Waals surface area (Å²) in [7, 11) is 0. The van der Waals surface area contributed by atoms with Crippen LogP contribution in [-0.4, -0.2) is 23.5 Å². The van der Waals surface area contributed by atoms with E-state index >= 15 is 0 Å². The molecule has 1 aliphatic heterocycles. The van der Waals surface area contributed by atoms with Crippen LogP contribution in [0.25, 0.3) is 6.08 Å². The zero-order chi connectivity index (χ0) is 27.2. The molecule has 0 unspecified atom stereocenters. The first kappa shape index (κ1) is 26.7. The van der Waals surface area contributed by atoms with Gasteiger partial charge in [-0.2, -0.15) is 0 Å². The van der Waals surface area contributed by atoms with E-state index in [0.29, 0.717) is 41.2 Å². The van der Waals surface area contributed by atoms with Crippen molar-refractivity contribution < 1.29 is 27.8 Å². The Morgan fingerprint density at radius 1 is 1.00 bits per heavy atom. The molecule has 1 saturated heterocycles. The molecule has 0 saturated carbocycles. The first-order chi connectivity index (χ1) is 18.3. The lowest BCUT2D eigenvalue weighted by molar-refractivity contribution is -0.122. The van der Waals surface area contributed by atoms with Crippen molar-refractivity contribution in [1.29, 1.82) is 0 Å². The Bertz CT molecular complexity index is 1450. The summed E-state index contributed by atoms with van der Waals surface area (Å²) >= 11 is 5.15. The van der Waals surface area contributed by atoms with Gasteiger partial charge < -0.3 is 9.47 Å². The highest BCUT2D eigenvalue weighted by Crippen LogP contribution is 2.36. The molecule has 0 spiro atoms. The van der Waals surface area contributed by atoms with E-state index in [2.05, 4.69) is 11.9 Å². The molecule has 38 heavy (non-hydrogen) atoms. The highest BCUT2D eigenvalue weighted by Gasteiger charge is 2.35. The van der Waals surface area contributed by atoms with Gasteiger partial charge in [-0.1, -0.05) is 36.4 Å². The van der Waals surface area contributed by atoms with Crippen molar-refractivity contribution in [3.63, 3.8) is 0 Å². The number of ether oxygens (including phenoxy) is 2. The van der Waals surface area contributed by atoms with E-state index in [1.807, 2.05) is 0 Å². The molecular weight excluding hydrogens is 510 g/mol. The number of para-hydroxylation sites is 1. The second-order valence-electron chi connectivity index (χ2n) is 8.22. The molecule has 194 valence electrons. The number of nitrogens with zero attached hydrogens (tertiary/aromatic N) is 1. The molecule has 0 atom stereocenters. The molecule has 0 radical (unpaired) electrons. The summed E-state index contributed by atoms with van der Waals surface area (Å²) in [6.07, 6.45) is 3.41. The molecule has 4 rings (SSSR count). The number of carbonyl (C=O) groups excluding carboxylic acids is 2. The summed E-state index contributed by atoms with van der Waals surface area (Å²) in [5.41, 5.74) is 1.17. The minimum atomic E-state index is -0.771. The maximum Gasteiger partial charge on any atom is 0.270 e. The minimum Gasteiger partial charge on any atom is -0.490 e. The number of anilines is 1. The average Bonchev–Trinajstić information content (AvgIpc) is 2.88. The van der Waals surface area contributed by atoms with Gasteiger partial charge in [-0.05, 0) is 67.5 Å². The van der Waals surface area contributed by atoms with Crippen LogP contribution in [0.2, 0.25) is 0 Å². The molecule has 9 heteroatoms. The van der Waals surface area contributed by atoms with Crippen LogP contribution in [0, 0.1) is 11.6 Å². The number of amides is 2. The third kappa shape index (κ3) is 5.63. The van der Waals surface area contributed by atoms with E-state index in [1.165, 1.54) is 30.3 Å². The van der Waals surface area contributed by atoms with Gasteiger partial charge >= 0.3 is 0 Å². The fraction of sp³-hybridized carbons (Fsp3) is 0.138. The third-order valence-electron chi connectivity index (χ3n) is 5.65. The summed E-state index contributed by atoms with van der Waals surface area (Å²) in [6, 6.07) is 15.3. The molecule has 2 amide bonds. The molecule has 1 heterocycles. The second kappa shape index (κ2) is 11.8. The number of hydrogen-bond donors (Lipinski definition) is 1. The molecule has 1 aliphatic rings. The zero-order valence-electron chi connectivity index (χ0n) is 20.5. The monoisotopic (exact) mass is 534 g/mol. The van der Waals surface area contributed by atoms with Crippen molar-refractivity contribution in [2.24, 2.45) is 0 Å². The van der Waals surface area contributed by atoms with Gasteiger partial charge in [-0.25, -0.2) is 13.7 Å². The maximum absolute atomic E-state index is 14.5. The Morgan fingerprint density at radius 2 is 1.71 bits per heavy atom. The Labute approximate surface area is 224 Å².